The van der Waals surface area contributed by atoms with Gasteiger partial charge in [0.1, 0.15) is 12.2 Å². The second-order valence-corrected chi connectivity index (χ2v) is 14.6. The molecule has 6 rings (SSSR count). The van der Waals surface area contributed by atoms with Gasteiger partial charge in [-0.15, -0.1) is 10.1 Å². The maximum atomic E-state index is 12.9. The van der Waals surface area contributed by atoms with Gasteiger partial charge >= 0.3 is 11.9 Å². The Morgan fingerprint density at radius 1 is 0.540 bits per heavy atom. The smallest absolute Gasteiger partial charge is 0.438 e. The minimum Gasteiger partial charge on any atom is -0.487 e. The molecule has 2 aromatic rings. The number of para-hydroxylation sites is 4. The van der Waals surface area contributed by atoms with Gasteiger partial charge in [0.2, 0.25) is 0 Å². The summed E-state index contributed by atoms with van der Waals surface area (Å²) in [5.41, 5.74) is 0. The van der Waals surface area contributed by atoms with Crippen LogP contribution in [-0.4, -0.2) is 72.7 Å². The topological polar surface area (TPSA) is 96.0 Å². The first-order valence-corrected chi connectivity index (χ1v) is 19.2. The van der Waals surface area contributed by atoms with E-state index in [1.54, 1.807) is 10.1 Å². The fourth-order valence-corrected chi connectivity index (χ4v) is 7.80. The number of benzene rings is 2. The molecule has 10 nitrogen and oxygen atoms in total. The van der Waals surface area contributed by atoms with Crippen molar-refractivity contribution in [2.75, 3.05) is 26.2 Å². The second kappa shape index (κ2) is 18.1. The third kappa shape index (κ3) is 10.3. The van der Waals surface area contributed by atoms with Crippen molar-refractivity contribution in [2.24, 2.45) is 11.8 Å². The van der Waals surface area contributed by atoms with Crippen LogP contribution in [0.1, 0.15) is 104 Å². The van der Waals surface area contributed by atoms with Gasteiger partial charge in [-0.2, -0.15) is 0 Å². The van der Waals surface area contributed by atoms with Gasteiger partial charge in [-0.05, 0) is 115 Å². The Morgan fingerprint density at radius 3 is 1.32 bits per heavy atom. The Balaban J connectivity index is 0.955. The summed E-state index contributed by atoms with van der Waals surface area (Å²) in [6.07, 6.45) is 15.3. The zero-order valence-corrected chi connectivity index (χ0v) is 30.0. The maximum absolute atomic E-state index is 12.9. The second-order valence-electron chi connectivity index (χ2n) is 14.6. The number of carbonyl (C=O) groups excluding carboxylic acids is 2. The molecule has 0 N–H and O–H groups in total. The lowest BCUT2D eigenvalue weighted by atomic mass is 9.94. The van der Waals surface area contributed by atoms with Crippen molar-refractivity contribution in [2.45, 2.75) is 128 Å². The van der Waals surface area contributed by atoms with Crippen LogP contribution in [0.5, 0.6) is 23.0 Å². The van der Waals surface area contributed by atoms with Crippen LogP contribution in [0, 0.1) is 11.8 Å². The molecule has 4 fully saturated rings. The van der Waals surface area contributed by atoms with Gasteiger partial charge in [0.05, 0.1) is 12.2 Å². The molecule has 2 saturated carbocycles. The van der Waals surface area contributed by atoms with Gasteiger partial charge in [-0.25, -0.2) is 9.59 Å². The van der Waals surface area contributed by atoms with Crippen LogP contribution in [0.3, 0.4) is 0 Å². The monoisotopic (exact) mass is 692 g/mol. The first-order chi connectivity index (χ1) is 24.4. The van der Waals surface area contributed by atoms with Gasteiger partial charge in [0.15, 0.2) is 23.0 Å². The minimum atomic E-state index is -1.01. The maximum Gasteiger partial charge on any atom is 0.438 e. The molecule has 0 amide bonds. The molecule has 0 unspecified atom stereocenters. The Hall–Kier alpha value is -3.50. The fourth-order valence-electron chi connectivity index (χ4n) is 7.80. The van der Waals surface area contributed by atoms with Crippen LogP contribution in [0.15, 0.2) is 48.5 Å². The van der Waals surface area contributed by atoms with Crippen molar-refractivity contribution < 1.29 is 38.2 Å². The van der Waals surface area contributed by atoms with Crippen molar-refractivity contribution in [3.8, 4) is 23.0 Å². The zero-order valence-electron chi connectivity index (χ0n) is 30.0. The van der Waals surface area contributed by atoms with Gasteiger partial charge < -0.3 is 28.6 Å². The third-order valence-corrected chi connectivity index (χ3v) is 10.8. The Bertz CT molecular complexity index is 1270. The standard InChI is InChI=1S/C40H56N2O8/c1-29(45-35-21-9-11-23-37(35)47-33-17-5-3-6-18-33)31-15-13-25-41(27-31)49-39(43)40(44)50-42-26-14-16-32(28-42)30(2)46-36-22-10-12-24-38(36)48-34-19-7-4-8-20-34/h9-12,21-24,29-34H,3-8,13-20,25-28H2,1-2H3/t29-,30-,31-,32-/m0/s1. The molecule has 4 atom stereocenters. The molecule has 0 aromatic heterocycles. The van der Waals surface area contributed by atoms with Crippen LogP contribution in [-0.2, 0) is 19.3 Å². The highest BCUT2D eigenvalue weighted by Crippen LogP contribution is 2.35. The first-order valence-electron chi connectivity index (χ1n) is 19.2. The number of nitrogens with zero attached hydrogens (tertiary/aromatic N) is 2. The largest absolute Gasteiger partial charge is 0.487 e. The summed E-state index contributed by atoms with van der Waals surface area (Å²) < 4.78 is 25.5. The van der Waals surface area contributed by atoms with Crippen LogP contribution < -0.4 is 18.9 Å². The number of hydroxylamine groups is 4. The molecule has 2 heterocycles. The van der Waals surface area contributed by atoms with E-state index < -0.39 is 11.9 Å². The third-order valence-electron chi connectivity index (χ3n) is 10.8. The molecular formula is C40H56N2O8. The predicted molar refractivity (Wildman–Crippen MR) is 189 cm³/mol. The summed E-state index contributed by atoms with van der Waals surface area (Å²) in [5.74, 6) is 1.23. The molecule has 4 aliphatic rings. The van der Waals surface area contributed by atoms with Crippen LogP contribution in [0.4, 0.5) is 0 Å². The summed E-state index contributed by atoms with van der Waals surface area (Å²) in [6.45, 7) is 6.13. The van der Waals surface area contributed by atoms with E-state index in [2.05, 4.69) is 0 Å². The molecule has 2 saturated heterocycles. The van der Waals surface area contributed by atoms with Crippen LogP contribution in [0.2, 0.25) is 0 Å². The fraction of sp³-hybridized carbons (Fsp3) is 0.650. The van der Waals surface area contributed by atoms with Crippen molar-refractivity contribution >= 4 is 11.9 Å². The van der Waals surface area contributed by atoms with Crippen molar-refractivity contribution in [1.29, 1.82) is 0 Å². The molecule has 50 heavy (non-hydrogen) atoms. The lowest BCUT2D eigenvalue weighted by molar-refractivity contribution is -0.227. The zero-order chi connectivity index (χ0) is 34.7. The molecule has 2 aliphatic carbocycles. The van der Waals surface area contributed by atoms with E-state index >= 15 is 0 Å². The first kappa shape index (κ1) is 36.3. The lowest BCUT2D eigenvalue weighted by Gasteiger charge is -2.35. The highest BCUT2D eigenvalue weighted by molar-refractivity contribution is 6.29. The SMILES string of the molecule is C[C@H](Oc1ccccc1OC1CCCCC1)[C@H]1CCCN(OC(=O)C(=O)ON2CCC[C@H]([C@H](C)Oc3ccccc3OC3CCCCC3)C2)C1. The molecule has 10 heteroatoms. The van der Waals surface area contributed by atoms with E-state index in [1.807, 2.05) is 62.4 Å². The molecule has 0 radical (unpaired) electrons. The van der Waals surface area contributed by atoms with E-state index in [1.165, 1.54) is 38.5 Å². The summed E-state index contributed by atoms with van der Waals surface area (Å²) >= 11 is 0. The Morgan fingerprint density at radius 2 is 0.920 bits per heavy atom. The van der Waals surface area contributed by atoms with Crippen LogP contribution >= 0.6 is 0 Å². The van der Waals surface area contributed by atoms with Gasteiger partial charge in [-0.1, -0.05) is 37.1 Å². The van der Waals surface area contributed by atoms with E-state index in [-0.39, 0.29) is 36.3 Å². The summed E-state index contributed by atoms with van der Waals surface area (Å²) in [7, 11) is 0. The van der Waals surface area contributed by atoms with E-state index in [0.29, 0.717) is 26.2 Å². The molecule has 2 aromatic carbocycles. The number of piperidine rings is 2. The average molecular weight is 693 g/mol. The van der Waals surface area contributed by atoms with Gasteiger partial charge in [-0.3, -0.25) is 0 Å². The van der Waals surface area contributed by atoms with E-state index in [4.69, 9.17) is 28.6 Å². The minimum absolute atomic E-state index is 0.109. The molecular weight excluding hydrogens is 636 g/mol. The number of ether oxygens (including phenoxy) is 4. The quantitative estimate of drug-likeness (QED) is 0.206. The van der Waals surface area contributed by atoms with Gasteiger partial charge in [0.25, 0.3) is 0 Å². The number of rotatable bonds is 12. The normalized spacial score (nSPS) is 24.0. The summed E-state index contributed by atoms with van der Waals surface area (Å²) in [5, 5.41) is 3.15. The lowest BCUT2D eigenvalue weighted by Crippen LogP contribution is -2.45. The average Bonchev–Trinajstić information content (AvgIpc) is 3.14. The Labute approximate surface area is 297 Å². The highest BCUT2D eigenvalue weighted by atomic mass is 16.8. The highest BCUT2D eigenvalue weighted by Gasteiger charge is 2.34. The van der Waals surface area contributed by atoms with Crippen molar-refractivity contribution in [3.63, 3.8) is 0 Å². The molecule has 2 aliphatic heterocycles. The van der Waals surface area contributed by atoms with Crippen molar-refractivity contribution in [1.82, 2.24) is 10.1 Å². The molecule has 0 spiro atoms. The van der Waals surface area contributed by atoms with E-state index in [0.717, 1.165) is 74.4 Å². The molecule has 0 bridgehead atoms. The number of hydrogen-bond donors (Lipinski definition) is 0. The summed E-state index contributed by atoms with van der Waals surface area (Å²) in [4.78, 5) is 36.9. The summed E-state index contributed by atoms with van der Waals surface area (Å²) in [6, 6.07) is 15.7. The predicted octanol–water partition coefficient (Wildman–Crippen LogP) is 7.68. The van der Waals surface area contributed by atoms with Crippen molar-refractivity contribution in [3.05, 3.63) is 48.5 Å². The number of carbonyl (C=O) groups is 2. The Kier molecular flexibility index (Phi) is 13.2. The van der Waals surface area contributed by atoms with E-state index in [9.17, 15) is 9.59 Å². The van der Waals surface area contributed by atoms with Crippen LogP contribution in [0.25, 0.3) is 0 Å². The molecule has 274 valence electrons. The number of hydrogen-bond acceptors (Lipinski definition) is 10. The van der Waals surface area contributed by atoms with Gasteiger partial charge in [0, 0.05) is 38.0 Å².